The van der Waals surface area contributed by atoms with Crippen LogP contribution in [0.5, 0.6) is 5.75 Å². The molecule has 16 heavy (non-hydrogen) atoms. The Kier molecular flexibility index (Phi) is 4.00. The van der Waals surface area contributed by atoms with E-state index in [1.165, 1.54) is 0 Å². The molecule has 0 aliphatic carbocycles. The first-order valence-corrected chi connectivity index (χ1v) is 6.84. The number of phenolic OH excluding ortho intramolecular Hbond substituents is 1. The normalized spacial score (nSPS) is 10.4. The van der Waals surface area contributed by atoms with Crippen LogP contribution in [0.4, 0.5) is 0 Å². The highest BCUT2D eigenvalue weighted by molar-refractivity contribution is 14.1. The average Bonchev–Trinajstić information content (AvgIpc) is 2.27. The molecule has 2 rings (SSSR count). The summed E-state index contributed by atoms with van der Waals surface area (Å²) < 4.78 is 1.04. The second-order valence-corrected chi connectivity index (χ2v) is 5.89. The third kappa shape index (κ3) is 3.06. The number of aromatic hydroxyl groups is 1. The molecule has 0 heterocycles. The third-order valence-electron chi connectivity index (χ3n) is 1.96. The predicted octanol–water partition coefficient (Wildman–Crippen LogP) is 4.80. The van der Waals surface area contributed by atoms with Crippen LogP contribution in [0, 0.1) is 3.57 Å². The zero-order valence-electron chi connectivity index (χ0n) is 8.15. The van der Waals surface area contributed by atoms with Crippen molar-refractivity contribution in [1.29, 1.82) is 0 Å². The van der Waals surface area contributed by atoms with E-state index in [9.17, 15) is 5.11 Å². The van der Waals surface area contributed by atoms with Crippen LogP contribution < -0.4 is 0 Å². The van der Waals surface area contributed by atoms with Gasteiger partial charge >= 0.3 is 0 Å². The lowest BCUT2D eigenvalue weighted by Crippen LogP contribution is -1.77. The summed E-state index contributed by atoms with van der Waals surface area (Å²) in [5.41, 5.74) is 0. The third-order valence-corrected chi connectivity index (χ3v) is 4.50. The SMILES string of the molecule is Oc1ccc(Sc2ccc(Cl)c(I)c2)cc1. The first kappa shape index (κ1) is 12.1. The lowest BCUT2D eigenvalue weighted by atomic mass is 10.3. The lowest BCUT2D eigenvalue weighted by Gasteiger charge is -2.03. The Hall–Kier alpha value is -0.390. The fraction of sp³-hybridized carbons (Fsp3) is 0. The molecule has 0 aliphatic rings. The molecule has 0 amide bonds. The van der Waals surface area contributed by atoms with Crippen molar-refractivity contribution in [2.75, 3.05) is 0 Å². The molecule has 0 aromatic heterocycles. The topological polar surface area (TPSA) is 20.2 Å². The molecule has 1 nitrogen and oxygen atoms in total. The first-order valence-electron chi connectivity index (χ1n) is 4.57. The van der Waals surface area contributed by atoms with Gasteiger partial charge in [0, 0.05) is 13.4 Å². The van der Waals surface area contributed by atoms with Crippen LogP contribution >= 0.6 is 46.0 Å². The van der Waals surface area contributed by atoms with Gasteiger partial charge in [-0.3, -0.25) is 0 Å². The molecule has 4 heteroatoms. The van der Waals surface area contributed by atoms with E-state index in [1.54, 1.807) is 23.9 Å². The van der Waals surface area contributed by atoms with Gasteiger partial charge in [0.1, 0.15) is 5.75 Å². The van der Waals surface area contributed by atoms with Gasteiger partial charge in [-0.1, -0.05) is 23.4 Å². The van der Waals surface area contributed by atoms with Crippen LogP contribution in [0.1, 0.15) is 0 Å². The fourth-order valence-electron chi connectivity index (χ4n) is 1.19. The van der Waals surface area contributed by atoms with Crippen molar-refractivity contribution in [3.63, 3.8) is 0 Å². The van der Waals surface area contributed by atoms with E-state index in [4.69, 9.17) is 11.6 Å². The van der Waals surface area contributed by atoms with Gasteiger partial charge in [0.15, 0.2) is 0 Å². The Balaban J connectivity index is 2.20. The van der Waals surface area contributed by atoms with Crippen molar-refractivity contribution >= 4 is 46.0 Å². The maximum Gasteiger partial charge on any atom is 0.115 e. The average molecular weight is 363 g/mol. The molecule has 0 aliphatic heterocycles. The summed E-state index contributed by atoms with van der Waals surface area (Å²) in [5, 5.41) is 9.95. The first-order chi connectivity index (χ1) is 7.65. The Morgan fingerprint density at radius 3 is 2.25 bits per heavy atom. The quantitative estimate of drug-likeness (QED) is 0.774. The number of halogens is 2. The number of benzene rings is 2. The van der Waals surface area contributed by atoms with E-state index >= 15 is 0 Å². The summed E-state index contributed by atoms with van der Waals surface area (Å²) in [5.74, 6) is 0.287. The number of rotatable bonds is 2. The molecule has 0 spiro atoms. The van der Waals surface area contributed by atoms with Crippen LogP contribution in [-0.2, 0) is 0 Å². The smallest absolute Gasteiger partial charge is 0.115 e. The highest BCUT2D eigenvalue weighted by atomic mass is 127. The van der Waals surface area contributed by atoms with Gasteiger partial charge in [-0.05, 0) is 65.1 Å². The summed E-state index contributed by atoms with van der Waals surface area (Å²) >= 11 is 9.81. The van der Waals surface area contributed by atoms with E-state index < -0.39 is 0 Å². The summed E-state index contributed by atoms with van der Waals surface area (Å²) in [4.78, 5) is 2.23. The highest BCUT2D eigenvalue weighted by Crippen LogP contribution is 2.31. The molecule has 0 unspecified atom stereocenters. The maximum atomic E-state index is 9.18. The van der Waals surface area contributed by atoms with Crippen LogP contribution in [-0.4, -0.2) is 5.11 Å². The Labute approximate surface area is 117 Å². The standard InChI is InChI=1S/C12H8ClIOS/c13-11-6-5-10(7-12(11)14)16-9-3-1-8(15)2-4-9/h1-7,15H. The molecule has 2 aromatic rings. The van der Waals surface area contributed by atoms with E-state index in [-0.39, 0.29) is 5.75 Å². The van der Waals surface area contributed by atoms with Crippen LogP contribution in [0.3, 0.4) is 0 Å². The van der Waals surface area contributed by atoms with Gasteiger partial charge in [-0.15, -0.1) is 0 Å². The van der Waals surface area contributed by atoms with Crippen molar-refractivity contribution in [3.05, 3.63) is 51.1 Å². The van der Waals surface area contributed by atoms with Crippen molar-refractivity contribution < 1.29 is 5.11 Å². The van der Waals surface area contributed by atoms with Crippen molar-refractivity contribution in [3.8, 4) is 5.75 Å². The number of hydrogen-bond donors (Lipinski definition) is 1. The monoisotopic (exact) mass is 362 g/mol. The zero-order valence-corrected chi connectivity index (χ0v) is 11.9. The van der Waals surface area contributed by atoms with E-state index in [2.05, 4.69) is 22.6 Å². The van der Waals surface area contributed by atoms with Gasteiger partial charge in [0.2, 0.25) is 0 Å². The molecule has 0 atom stereocenters. The van der Waals surface area contributed by atoms with Gasteiger partial charge in [-0.2, -0.15) is 0 Å². The van der Waals surface area contributed by atoms with E-state index in [0.717, 1.165) is 18.4 Å². The molecule has 0 radical (unpaired) electrons. The summed E-state index contributed by atoms with van der Waals surface area (Å²) in [6, 6.07) is 13.1. The second-order valence-electron chi connectivity index (χ2n) is 3.17. The maximum absolute atomic E-state index is 9.18. The van der Waals surface area contributed by atoms with Gasteiger partial charge in [0.05, 0.1) is 5.02 Å². The minimum Gasteiger partial charge on any atom is -0.508 e. The van der Waals surface area contributed by atoms with E-state index in [1.807, 2.05) is 30.3 Å². The van der Waals surface area contributed by atoms with Crippen molar-refractivity contribution in [2.24, 2.45) is 0 Å². The highest BCUT2D eigenvalue weighted by Gasteiger charge is 2.01. The lowest BCUT2D eigenvalue weighted by molar-refractivity contribution is 0.475. The van der Waals surface area contributed by atoms with E-state index in [0.29, 0.717) is 0 Å². The van der Waals surface area contributed by atoms with Crippen molar-refractivity contribution in [1.82, 2.24) is 0 Å². The summed E-state index contributed by atoms with van der Waals surface area (Å²) in [7, 11) is 0. The Morgan fingerprint density at radius 2 is 1.62 bits per heavy atom. The molecule has 2 aromatic carbocycles. The molecule has 0 saturated carbocycles. The molecule has 82 valence electrons. The van der Waals surface area contributed by atoms with Gasteiger partial charge < -0.3 is 5.11 Å². The molecule has 0 bridgehead atoms. The van der Waals surface area contributed by atoms with Crippen molar-refractivity contribution in [2.45, 2.75) is 9.79 Å². The fourth-order valence-corrected chi connectivity index (χ4v) is 2.89. The second kappa shape index (κ2) is 5.29. The number of phenols is 1. The van der Waals surface area contributed by atoms with Crippen LogP contribution in [0.15, 0.2) is 52.3 Å². The molecule has 1 N–H and O–H groups in total. The molecular formula is C12H8ClIOS. The Morgan fingerprint density at radius 1 is 1.00 bits per heavy atom. The van der Waals surface area contributed by atoms with Gasteiger partial charge in [0.25, 0.3) is 0 Å². The minimum absolute atomic E-state index is 0.287. The molecule has 0 fully saturated rings. The van der Waals surface area contributed by atoms with Gasteiger partial charge in [-0.25, -0.2) is 0 Å². The number of hydrogen-bond acceptors (Lipinski definition) is 2. The predicted molar refractivity (Wildman–Crippen MR) is 76.4 cm³/mol. The molecule has 0 saturated heterocycles. The van der Waals surface area contributed by atoms with Crippen LogP contribution in [0.25, 0.3) is 0 Å². The largest absolute Gasteiger partial charge is 0.508 e. The minimum atomic E-state index is 0.287. The zero-order chi connectivity index (χ0) is 11.5. The summed E-state index contributed by atoms with van der Waals surface area (Å²) in [6.07, 6.45) is 0. The molecular weight excluding hydrogens is 355 g/mol. The Bertz CT molecular complexity index is 499. The van der Waals surface area contributed by atoms with Crippen LogP contribution in [0.2, 0.25) is 5.02 Å². The summed E-state index contributed by atoms with van der Waals surface area (Å²) in [6.45, 7) is 0.